The normalized spacial score (nSPS) is 17.1. The van der Waals surface area contributed by atoms with E-state index in [9.17, 15) is 29.4 Å². The number of phenols is 1. The highest BCUT2D eigenvalue weighted by Gasteiger charge is 2.39. The molecular formula is C31H39N5O6. The molecule has 0 aliphatic carbocycles. The molecule has 4 rings (SSSR count). The molecule has 224 valence electrons. The molecule has 11 nitrogen and oxygen atoms in total. The third-order valence-corrected chi connectivity index (χ3v) is 7.60. The smallest absolute Gasteiger partial charge is 0.326 e. The van der Waals surface area contributed by atoms with Crippen LogP contribution in [0.15, 0.2) is 54.7 Å². The Kier molecular flexibility index (Phi) is 9.84. The standard InChI is InChI=1S/C31H39N5O6/c1-18(2)14-26(31(41)42)35-29(39)27-8-5-13-36(27)30(40)25(16-20-17-33-24-7-4-3-6-22(20)24)34-28(38)23(32)15-19-9-11-21(37)12-10-19/h3-4,6-7,9-12,17-18,23,25-27,33,37H,5,8,13-16,32H2,1-2H3,(H,34,38)(H,35,39)(H,41,42). The number of fused-ring (bicyclic) bond motifs is 1. The van der Waals surface area contributed by atoms with Crippen LogP contribution in [0.1, 0.15) is 44.2 Å². The van der Waals surface area contributed by atoms with Gasteiger partial charge in [0.1, 0.15) is 23.9 Å². The summed E-state index contributed by atoms with van der Waals surface area (Å²) in [6.45, 7) is 4.05. The van der Waals surface area contributed by atoms with E-state index in [4.69, 9.17) is 5.73 Å². The van der Waals surface area contributed by atoms with Crippen LogP contribution in [-0.2, 0) is 32.0 Å². The Balaban J connectivity index is 1.54. The molecule has 11 heteroatoms. The summed E-state index contributed by atoms with van der Waals surface area (Å²) in [5.74, 6) is -2.45. The van der Waals surface area contributed by atoms with Crippen molar-refractivity contribution in [1.29, 1.82) is 0 Å². The van der Waals surface area contributed by atoms with Crippen molar-refractivity contribution in [3.8, 4) is 5.75 Å². The second-order valence-electron chi connectivity index (χ2n) is 11.3. The van der Waals surface area contributed by atoms with Crippen molar-refractivity contribution in [3.63, 3.8) is 0 Å². The molecule has 1 saturated heterocycles. The second kappa shape index (κ2) is 13.5. The SMILES string of the molecule is CC(C)CC(NC(=O)C1CCCN1C(=O)C(Cc1c[nH]c2ccccc12)NC(=O)C(N)Cc1ccc(O)cc1)C(=O)O. The largest absolute Gasteiger partial charge is 0.508 e. The molecule has 4 unspecified atom stereocenters. The maximum Gasteiger partial charge on any atom is 0.326 e. The number of H-pyrrole nitrogens is 1. The number of likely N-dealkylation sites (tertiary alicyclic amines) is 1. The summed E-state index contributed by atoms with van der Waals surface area (Å²) >= 11 is 0. The van der Waals surface area contributed by atoms with Gasteiger partial charge < -0.3 is 36.5 Å². The van der Waals surface area contributed by atoms with Gasteiger partial charge in [0, 0.05) is 30.1 Å². The Labute approximate surface area is 244 Å². The number of amides is 3. The molecule has 4 atom stereocenters. The molecule has 1 aliphatic rings. The average Bonchev–Trinajstić information content (AvgIpc) is 3.60. The molecule has 3 aromatic rings. The van der Waals surface area contributed by atoms with Gasteiger partial charge in [0.2, 0.25) is 17.7 Å². The molecule has 2 heterocycles. The zero-order valence-corrected chi connectivity index (χ0v) is 23.9. The number of aromatic amines is 1. The van der Waals surface area contributed by atoms with Crippen molar-refractivity contribution in [3.05, 3.63) is 65.9 Å². The van der Waals surface area contributed by atoms with Crippen LogP contribution >= 0.6 is 0 Å². The lowest BCUT2D eigenvalue weighted by Crippen LogP contribution is -2.57. The first-order chi connectivity index (χ1) is 20.0. The van der Waals surface area contributed by atoms with Crippen molar-refractivity contribution >= 4 is 34.6 Å². The van der Waals surface area contributed by atoms with E-state index in [2.05, 4.69) is 15.6 Å². The monoisotopic (exact) mass is 577 g/mol. The van der Waals surface area contributed by atoms with Gasteiger partial charge in [-0.25, -0.2) is 4.79 Å². The number of rotatable bonds is 12. The number of phenolic OH excluding ortho intramolecular Hbond substituents is 1. The molecule has 0 radical (unpaired) electrons. The van der Waals surface area contributed by atoms with Crippen molar-refractivity contribution in [2.45, 2.75) is 70.1 Å². The van der Waals surface area contributed by atoms with Crippen LogP contribution in [0.25, 0.3) is 10.9 Å². The number of benzene rings is 2. The third-order valence-electron chi connectivity index (χ3n) is 7.60. The number of aliphatic carboxylic acids is 1. The van der Waals surface area contributed by atoms with E-state index in [1.165, 1.54) is 17.0 Å². The fraction of sp³-hybridized carbons (Fsp3) is 0.419. The van der Waals surface area contributed by atoms with Crippen LogP contribution in [-0.4, -0.2) is 74.5 Å². The summed E-state index contributed by atoms with van der Waals surface area (Å²) in [7, 11) is 0. The van der Waals surface area contributed by atoms with Gasteiger partial charge in [0.05, 0.1) is 6.04 Å². The van der Waals surface area contributed by atoms with Crippen LogP contribution in [0.2, 0.25) is 0 Å². The fourth-order valence-corrected chi connectivity index (χ4v) is 5.44. The quantitative estimate of drug-likeness (QED) is 0.191. The Hall–Kier alpha value is -4.38. The molecule has 0 spiro atoms. The summed E-state index contributed by atoms with van der Waals surface area (Å²) in [6, 6.07) is 10.1. The van der Waals surface area contributed by atoms with Crippen molar-refractivity contribution in [2.75, 3.05) is 6.54 Å². The molecule has 2 aromatic carbocycles. The van der Waals surface area contributed by atoms with Gasteiger partial charge in [-0.3, -0.25) is 14.4 Å². The van der Waals surface area contributed by atoms with E-state index in [1.807, 2.05) is 38.1 Å². The first kappa shape index (κ1) is 30.6. The summed E-state index contributed by atoms with van der Waals surface area (Å²) in [6.07, 6.45) is 3.38. The van der Waals surface area contributed by atoms with Crippen molar-refractivity contribution in [1.82, 2.24) is 20.5 Å². The molecule has 3 amide bonds. The van der Waals surface area contributed by atoms with Crippen molar-refractivity contribution < 1.29 is 29.4 Å². The Morgan fingerprint density at radius 3 is 2.43 bits per heavy atom. The van der Waals surface area contributed by atoms with Gasteiger partial charge in [-0.15, -0.1) is 0 Å². The predicted octanol–water partition coefficient (Wildman–Crippen LogP) is 2.08. The summed E-state index contributed by atoms with van der Waals surface area (Å²) in [5.41, 5.74) is 8.68. The topological polar surface area (TPSA) is 178 Å². The zero-order valence-electron chi connectivity index (χ0n) is 23.9. The minimum absolute atomic E-state index is 0.0502. The number of nitrogens with two attached hydrogens (primary N) is 1. The highest BCUT2D eigenvalue weighted by Crippen LogP contribution is 2.23. The lowest BCUT2D eigenvalue weighted by Gasteiger charge is -2.30. The lowest BCUT2D eigenvalue weighted by atomic mass is 10.0. The minimum atomic E-state index is -1.12. The van der Waals surface area contributed by atoms with Gasteiger partial charge >= 0.3 is 5.97 Å². The number of nitrogens with zero attached hydrogens (tertiary/aromatic N) is 1. The maximum atomic E-state index is 14.0. The number of hydrogen-bond acceptors (Lipinski definition) is 6. The Morgan fingerprint density at radius 2 is 1.74 bits per heavy atom. The zero-order chi connectivity index (χ0) is 30.4. The first-order valence-electron chi connectivity index (χ1n) is 14.3. The molecule has 42 heavy (non-hydrogen) atoms. The second-order valence-corrected chi connectivity index (χ2v) is 11.3. The number of aromatic hydroxyl groups is 1. The van der Waals surface area contributed by atoms with Gasteiger partial charge in [-0.1, -0.05) is 44.2 Å². The number of carbonyl (C=O) groups excluding carboxylic acids is 3. The van der Waals surface area contributed by atoms with E-state index < -0.39 is 47.9 Å². The molecule has 7 N–H and O–H groups in total. The summed E-state index contributed by atoms with van der Waals surface area (Å²) in [4.78, 5) is 56.9. The van der Waals surface area contributed by atoms with Crippen LogP contribution in [0, 0.1) is 5.92 Å². The van der Waals surface area contributed by atoms with Gasteiger partial charge in [0.25, 0.3) is 0 Å². The number of carbonyl (C=O) groups is 4. The van der Waals surface area contributed by atoms with E-state index in [-0.39, 0.29) is 30.9 Å². The van der Waals surface area contributed by atoms with E-state index in [0.29, 0.717) is 19.4 Å². The maximum absolute atomic E-state index is 14.0. The van der Waals surface area contributed by atoms with Crippen LogP contribution in [0.4, 0.5) is 0 Å². The van der Waals surface area contributed by atoms with Gasteiger partial charge in [-0.2, -0.15) is 0 Å². The Bertz CT molecular complexity index is 1420. The molecule has 1 aromatic heterocycles. The van der Waals surface area contributed by atoms with Gasteiger partial charge in [-0.05, 0) is 60.9 Å². The summed E-state index contributed by atoms with van der Waals surface area (Å²) in [5, 5.41) is 25.5. The van der Waals surface area contributed by atoms with Gasteiger partial charge in [0.15, 0.2) is 0 Å². The van der Waals surface area contributed by atoms with E-state index >= 15 is 0 Å². The molecular weight excluding hydrogens is 538 g/mol. The highest BCUT2D eigenvalue weighted by molar-refractivity contribution is 5.95. The average molecular weight is 578 g/mol. The molecule has 1 fully saturated rings. The van der Waals surface area contributed by atoms with E-state index in [1.54, 1.807) is 18.3 Å². The first-order valence-corrected chi connectivity index (χ1v) is 14.3. The number of para-hydroxylation sites is 1. The van der Waals surface area contributed by atoms with Crippen LogP contribution in [0.5, 0.6) is 5.75 Å². The predicted molar refractivity (Wildman–Crippen MR) is 157 cm³/mol. The van der Waals surface area contributed by atoms with Crippen molar-refractivity contribution in [2.24, 2.45) is 11.7 Å². The number of carboxylic acids is 1. The van der Waals surface area contributed by atoms with Crippen LogP contribution in [0.3, 0.4) is 0 Å². The molecule has 1 aliphatic heterocycles. The highest BCUT2D eigenvalue weighted by atomic mass is 16.4. The Morgan fingerprint density at radius 1 is 1.02 bits per heavy atom. The number of hydrogen-bond donors (Lipinski definition) is 6. The van der Waals surface area contributed by atoms with Crippen LogP contribution < -0.4 is 16.4 Å². The number of carboxylic acid groups (broad SMARTS) is 1. The number of nitrogens with one attached hydrogen (secondary N) is 3. The van der Waals surface area contributed by atoms with E-state index in [0.717, 1.165) is 22.0 Å². The molecule has 0 bridgehead atoms. The third kappa shape index (κ3) is 7.47. The fourth-order valence-electron chi connectivity index (χ4n) is 5.44. The number of aromatic nitrogens is 1. The lowest BCUT2D eigenvalue weighted by molar-refractivity contribution is -0.145. The molecule has 0 saturated carbocycles. The minimum Gasteiger partial charge on any atom is -0.508 e. The summed E-state index contributed by atoms with van der Waals surface area (Å²) < 4.78 is 0.